The van der Waals surface area contributed by atoms with E-state index in [1.807, 2.05) is 0 Å². The van der Waals surface area contributed by atoms with Crippen LogP contribution in [0.2, 0.25) is 0 Å². The van der Waals surface area contributed by atoms with Gasteiger partial charge in [-0.05, 0) is 13.8 Å². The van der Waals surface area contributed by atoms with Crippen LogP contribution in [0.3, 0.4) is 0 Å². The van der Waals surface area contributed by atoms with Gasteiger partial charge in [-0.2, -0.15) is 12.6 Å². The molecular weight excluding hydrogens is 330 g/mol. The summed E-state index contributed by atoms with van der Waals surface area (Å²) in [6.45, 7) is 3.32. The van der Waals surface area contributed by atoms with Gasteiger partial charge in [-0.15, -0.1) is 0 Å². The first-order valence-electron chi connectivity index (χ1n) is 3.80. The van der Waals surface area contributed by atoms with Crippen molar-refractivity contribution in [3.05, 3.63) is 0 Å². The van der Waals surface area contributed by atoms with Crippen LogP contribution in [-0.4, -0.2) is 42.5 Å². The molecule has 0 aromatic rings. The summed E-state index contributed by atoms with van der Waals surface area (Å²) in [4.78, 5) is 34.6. The molecule has 0 spiro atoms. The van der Waals surface area contributed by atoms with E-state index in [-0.39, 0.29) is 93.0 Å². The van der Waals surface area contributed by atoms with E-state index in [2.05, 4.69) is 12.6 Å². The van der Waals surface area contributed by atoms with Gasteiger partial charge in [0.05, 0.1) is 0 Å². The maximum absolute atomic E-state index is 10.2. The second-order valence-electron chi connectivity index (χ2n) is 3.30. The summed E-state index contributed by atoms with van der Waals surface area (Å²) >= 11 is 3.98. The average Bonchev–Trinajstić information content (AvgIpc) is 2.00. The largest absolute Gasteiger partial charge is 1.00 e. The van der Waals surface area contributed by atoms with E-state index in [4.69, 9.17) is 25.7 Å². The Morgan fingerprint density at radius 2 is 1.42 bits per heavy atom. The van der Waals surface area contributed by atoms with Gasteiger partial charge in [-0.3, -0.25) is 4.79 Å². The van der Waals surface area contributed by atoms with Crippen LogP contribution in [0.4, 0.5) is 4.79 Å². The topological polar surface area (TPSA) is 158 Å². The number of carboxylic acid groups (broad SMARTS) is 2. The number of carboxylic acids is 1. The fourth-order valence-electron chi connectivity index (χ4n) is 0.302. The molecule has 0 heterocycles. The Kier molecular flexibility index (Phi) is 24.4. The minimum absolute atomic E-state index is 0. The molecular formula is C6H17NNa3O7PS. The summed E-state index contributed by atoms with van der Waals surface area (Å²) in [6.07, 6.45) is 0. The Bertz CT molecular complexity index is 331. The smallest absolute Gasteiger partial charge is 1.00 e. The molecule has 0 bridgehead atoms. The van der Waals surface area contributed by atoms with Crippen LogP contribution in [-0.2, 0) is 9.36 Å². The first kappa shape index (κ1) is 33.1. The fraction of sp³-hybridized carbons (Fsp3) is 0.667. The van der Waals surface area contributed by atoms with Crippen molar-refractivity contribution in [3.8, 4) is 0 Å². The molecule has 19 heavy (non-hydrogen) atoms. The summed E-state index contributed by atoms with van der Waals surface area (Å²) in [5.74, 6) is -1.02. The molecule has 102 valence electrons. The van der Waals surface area contributed by atoms with Gasteiger partial charge in [-0.1, -0.05) is 0 Å². The number of nitrogens with two attached hydrogens (primary N) is 1. The van der Waals surface area contributed by atoms with E-state index in [9.17, 15) is 14.2 Å². The molecule has 0 aromatic heterocycles. The molecule has 8 nitrogen and oxygen atoms in total. The molecule has 1 atom stereocenters. The SMILES string of the molecule is CC(C)(S)[C@@H](N)C(=O)O.O=C(O)P(=O)(O)O.[H-].[H-].[H-].[Na+].[Na+].[Na+]. The minimum atomic E-state index is -4.82. The van der Waals surface area contributed by atoms with Crippen molar-refractivity contribution in [1.29, 1.82) is 0 Å². The second kappa shape index (κ2) is 14.0. The van der Waals surface area contributed by atoms with Crippen molar-refractivity contribution in [2.24, 2.45) is 5.73 Å². The van der Waals surface area contributed by atoms with Crippen LogP contribution >= 0.6 is 20.2 Å². The summed E-state index contributed by atoms with van der Waals surface area (Å²) in [6, 6.07) is -0.902. The maximum Gasteiger partial charge on any atom is 1.00 e. The fourth-order valence-corrected chi connectivity index (χ4v) is 0.413. The van der Waals surface area contributed by atoms with E-state index < -0.39 is 30.1 Å². The molecule has 0 radical (unpaired) electrons. The van der Waals surface area contributed by atoms with Gasteiger partial charge >= 0.3 is 108 Å². The number of rotatable bonds is 3. The maximum atomic E-state index is 10.2. The first-order chi connectivity index (χ1) is 6.80. The van der Waals surface area contributed by atoms with Crippen molar-refractivity contribution in [2.75, 3.05) is 0 Å². The van der Waals surface area contributed by atoms with Crippen molar-refractivity contribution < 1.29 is 127 Å². The first-order valence-corrected chi connectivity index (χ1v) is 5.86. The third-order valence-electron chi connectivity index (χ3n) is 1.28. The Morgan fingerprint density at radius 3 is 1.42 bits per heavy atom. The van der Waals surface area contributed by atoms with Gasteiger partial charge in [0.1, 0.15) is 6.04 Å². The Morgan fingerprint density at radius 1 is 1.21 bits per heavy atom. The molecule has 0 saturated heterocycles. The number of hydrogen-bond acceptors (Lipinski definition) is 5. The molecule has 0 amide bonds. The normalized spacial score (nSPS) is 11.3. The van der Waals surface area contributed by atoms with Crippen LogP contribution < -0.4 is 94.4 Å². The Labute approximate surface area is 187 Å². The number of aliphatic carboxylic acids is 1. The molecule has 0 rings (SSSR count). The van der Waals surface area contributed by atoms with Crippen molar-refractivity contribution in [1.82, 2.24) is 0 Å². The minimum Gasteiger partial charge on any atom is -1.00 e. The van der Waals surface area contributed by atoms with Crippen molar-refractivity contribution in [3.63, 3.8) is 0 Å². The number of hydrogen-bond donors (Lipinski definition) is 6. The van der Waals surface area contributed by atoms with E-state index in [0.717, 1.165) is 0 Å². The van der Waals surface area contributed by atoms with E-state index in [1.165, 1.54) is 0 Å². The van der Waals surface area contributed by atoms with E-state index in [1.54, 1.807) is 13.8 Å². The van der Waals surface area contributed by atoms with Crippen LogP contribution in [0.5, 0.6) is 0 Å². The molecule has 0 fully saturated rings. The molecule has 0 aliphatic carbocycles. The summed E-state index contributed by atoms with van der Waals surface area (Å²) in [5.41, 5.74) is 3.13. The van der Waals surface area contributed by atoms with Crippen molar-refractivity contribution in [2.45, 2.75) is 24.6 Å². The van der Waals surface area contributed by atoms with Crippen LogP contribution in [0, 0.1) is 0 Å². The van der Waals surface area contributed by atoms with Gasteiger partial charge in [0.25, 0.3) is 0 Å². The van der Waals surface area contributed by atoms with Crippen LogP contribution in [0.1, 0.15) is 18.1 Å². The zero-order valence-electron chi connectivity index (χ0n) is 14.6. The van der Waals surface area contributed by atoms with Gasteiger partial charge in [0.2, 0.25) is 0 Å². The molecule has 0 saturated carbocycles. The van der Waals surface area contributed by atoms with E-state index in [0.29, 0.717) is 0 Å². The number of thiol groups is 1. The van der Waals surface area contributed by atoms with E-state index >= 15 is 0 Å². The summed E-state index contributed by atoms with van der Waals surface area (Å²) in [5, 5.41) is 15.8. The average molecular weight is 347 g/mol. The summed E-state index contributed by atoms with van der Waals surface area (Å²) < 4.78 is 8.78. The third kappa shape index (κ3) is 20.4. The Hall–Kier alpha value is 2.40. The van der Waals surface area contributed by atoms with Gasteiger partial charge < -0.3 is 30.0 Å². The zero-order chi connectivity index (χ0) is 13.7. The molecule has 0 aliphatic rings. The zero-order valence-corrected chi connectivity index (χ0v) is 19.4. The predicted molar refractivity (Wildman–Crippen MR) is 62.1 cm³/mol. The molecule has 0 aliphatic heterocycles. The summed E-state index contributed by atoms with van der Waals surface area (Å²) in [7, 11) is -4.82. The quantitative estimate of drug-likeness (QED) is 0.167. The molecule has 0 unspecified atom stereocenters. The standard InChI is InChI=1S/C5H11NO2S.CH3O5P.3Na.3H/c1-5(2,9)3(6)4(7)8;2-1(3)7(4,5)6;;;;;;/h3,9H,6H2,1-2H3,(H,7,8);(H,2,3)(H2,4,5,6);;;;;;/q;;3*+1;3*-1/t3-;;;;;;;/m0......./s1. The van der Waals surface area contributed by atoms with Crippen LogP contribution in [0.25, 0.3) is 0 Å². The molecule has 13 heteroatoms. The monoisotopic (exact) mass is 347 g/mol. The predicted octanol–water partition coefficient (Wildman–Crippen LogP) is -8.70. The van der Waals surface area contributed by atoms with Gasteiger partial charge in [0.15, 0.2) is 0 Å². The number of carbonyl (C=O) groups is 2. The third-order valence-corrected chi connectivity index (χ3v) is 2.05. The second-order valence-corrected chi connectivity index (χ2v) is 5.92. The van der Waals surface area contributed by atoms with Gasteiger partial charge in [-0.25, -0.2) is 9.36 Å². The van der Waals surface area contributed by atoms with Gasteiger partial charge in [0, 0.05) is 4.75 Å². The molecule has 6 N–H and O–H groups in total. The Balaban J connectivity index is -0.0000000237. The molecule has 0 aromatic carbocycles. The van der Waals surface area contributed by atoms with Crippen molar-refractivity contribution >= 4 is 31.9 Å². The van der Waals surface area contributed by atoms with Crippen LogP contribution in [0.15, 0.2) is 0 Å².